The average molecular weight is 713 g/mol. The average Bonchev–Trinajstić information content (AvgIpc) is 3.79. The molecule has 0 aliphatic heterocycles. The van der Waals surface area contributed by atoms with Gasteiger partial charge in [0.1, 0.15) is 0 Å². The molecule has 0 spiro atoms. The lowest BCUT2D eigenvalue weighted by atomic mass is 9.99. The summed E-state index contributed by atoms with van der Waals surface area (Å²) in [5, 5.41) is 4.99. The predicted octanol–water partition coefficient (Wildman–Crippen LogP) is 14.5. The van der Waals surface area contributed by atoms with Gasteiger partial charge in [-0.15, -0.1) is 0 Å². The Morgan fingerprint density at radius 2 is 0.589 bits per heavy atom. The Kier molecular flexibility index (Phi) is 7.53. The Morgan fingerprint density at radius 3 is 1.23 bits per heavy atom. The summed E-state index contributed by atoms with van der Waals surface area (Å²) in [4.78, 5) is 0. The predicted molar refractivity (Wildman–Crippen MR) is 237 cm³/mol. The van der Waals surface area contributed by atoms with Crippen molar-refractivity contribution in [1.82, 2.24) is 9.13 Å². The zero-order valence-electron chi connectivity index (χ0n) is 30.7. The van der Waals surface area contributed by atoms with Crippen LogP contribution in [0.25, 0.3) is 99.5 Å². The summed E-state index contributed by atoms with van der Waals surface area (Å²) in [7, 11) is 0. The fourth-order valence-corrected chi connectivity index (χ4v) is 8.61. The van der Waals surface area contributed by atoms with Gasteiger partial charge < -0.3 is 9.13 Å². The minimum absolute atomic E-state index is 1.14. The number of hydrogen-bond acceptors (Lipinski definition) is 0. The van der Waals surface area contributed by atoms with Gasteiger partial charge in [-0.3, -0.25) is 0 Å². The van der Waals surface area contributed by atoms with Crippen molar-refractivity contribution in [2.45, 2.75) is 0 Å². The highest BCUT2D eigenvalue weighted by Crippen LogP contribution is 2.39. The second-order valence-electron chi connectivity index (χ2n) is 14.6. The van der Waals surface area contributed by atoms with E-state index in [1.165, 1.54) is 88.1 Å². The van der Waals surface area contributed by atoms with Gasteiger partial charge in [0.2, 0.25) is 0 Å². The molecule has 11 aromatic rings. The van der Waals surface area contributed by atoms with Crippen LogP contribution in [0.1, 0.15) is 0 Å². The quantitative estimate of drug-likeness (QED) is 0.162. The molecule has 56 heavy (non-hydrogen) atoms. The van der Waals surface area contributed by atoms with Crippen molar-refractivity contribution < 1.29 is 0 Å². The molecule has 9 aromatic carbocycles. The van der Waals surface area contributed by atoms with Gasteiger partial charge in [0, 0.05) is 32.9 Å². The first-order chi connectivity index (χ1) is 27.8. The zero-order chi connectivity index (χ0) is 37.0. The molecule has 2 aromatic heterocycles. The minimum atomic E-state index is 1.14. The molecule has 0 aliphatic rings. The number of aromatic nitrogens is 2. The van der Waals surface area contributed by atoms with Crippen LogP contribution in [0.4, 0.5) is 0 Å². The fourth-order valence-electron chi connectivity index (χ4n) is 8.61. The Hall–Kier alpha value is -7.42. The minimum Gasteiger partial charge on any atom is -0.309 e. The van der Waals surface area contributed by atoms with Crippen molar-refractivity contribution in [3.8, 4) is 55.9 Å². The summed E-state index contributed by atoms with van der Waals surface area (Å²) in [5.41, 5.74) is 16.8. The van der Waals surface area contributed by atoms with E-state index in [9.17, 15) is 0 Å². The molecular weight excluding hydrogens is 677 g/mol. The molecule has 262 valence electrons. The SMILES string of the molecule is c1ccc(-c2cccc(-c3ccc(-n4c5ccccc5c5ccc(-c6ccc7c(c6)c6cc(-c8ccccc8)ccc6n7-c6ccccc6)cc54)cc3)c2)cc1. The fraction of sp³-hybridized carbons (Fsp3) is 0. The van der Waals surface area contributed by atoms with Crippen LogP contribution in [0.5, 0.6) is 0 Å². The van der Waals surface area contributed by atoms with E-state index < -0.39 is 0 Å². The topological polar surface area (TPSA) is 9.86 Å². The maximum Gasteiger partial charge on any atom is 0.0547 e. The van der Waals surface area contributed by atoms with Gasteiger partial charge in [-0.1, -0.05) is 152 Å². The number of para-hydroxylation sites is 2. The highest BCUT2D eigenvalue weighted by atomic mass is 15.0. The molecule has 0 N–H and O–H groups in total. The Morgan fingerprint density at radius 1 is 0.196 bits per heavy atom. The van der Waals surface area contributed by atoms with Gasteiger partial charge in [-0.05, 0) is 111 Å². The third-order valence-electron chi connectivity index (χ3n) is 11.3. The Balaban J connectivity index is 1.05. The number of hydrogen-bond donors (Lipinski definition) is 0. The Bertz CT molecular complexity index is 3210. The van der Waals surface area contributed by atoms with Crippen LogP contribution in [-0.4, -0.2) is 9.13 Å². The third-order valence-corrected chi connectivity index (χ3v) is 11.3. The lowest BCUT2D eigenvalue weighted by Crippen LogP contribution is -1.94. The highest BCUT2D eigenvalue weighted by molar-refractivity contribution is 6.13. The van der Waals surface area contributed by atoms with Gasteiger partial charge in [-0.25, -0.2) is 0 Å². The molecule has 2 nitrogen and oxygen atoms in total. The molecule has 0 bridgehead atoms. The summed E-state index contributed by atoms with van der Waals surface area (Å²) in [6.45, 7) is 0. The van der Waals surface area contributed by atoms with Crippen LogP contribution in [0, 0.1) is 0 Å². The molecule has 0 amide bonds. The summed E-state index contributed by atoms with van der Waals surface area (Å²) in [6, 6.07) is 79.4. The van der Waals surface area contributed by atoms with Crippen molar-refractivity contribution in [2.24, 2.45) is 0 Å². The van der Waals surface area contributed by atoms with Gasteiger partial charge in [0.05, 0.1) is 22.1 Å². The van der Waals surface area contributed by atoms with E-state index in [2.05, 4.69) is 228 Å². The molecule has 0 atom stereocenters. The second-order valence-corrected chi connectivity index (χ2v) is 14.6. The van der Waals surface area contributed by atoms with Crippen LogP contribution in [0.3, 0.4) is 0 Å². The van der Waals surface area contributed by atoms with E-state index in [1.807, 2.05) is 0 Å². The summed E-state index contributed by atoms with van der Waals surface area (Å²) in [5.74, 6) is 0. The van der Waals surface area contributed by atoms with E-state index in [-0.39, 0.29) is 0 Å². The second kappa shape index (κ2) is 13.2. The van der Waals surface area contributed by atoms with E-state index in [0.29, 0.717) is 0 Å². The lowest BCUT2D eigenvalue weighted by Gasteiger charge is -2.11. The molecule has 0 saturated heterocycles. The molecule has 11 rings (SSSR count). The number of rotatable bonds is 6. The van der Waals surface area contributed by atoms with Crippen LogP contribution in [-0.2, 0) is 0 Å². The first kappa shape index (κ1) is 32.0. The van der Waals surface area contributed by atoms with Gasteiger partial charge >= 0.3 is 0 Å². The van der Waals surface area contributed by atoms with Crippen molar-refractivity contribution >= 4 is 43.6 Å². The Labute approximate surface area is 325 Å². The maximum absolute atomic E-state index is 2.42. The standard InChI is InChI=1S/C54H36N2/c1-4-13-37(14-5-1)40-17-12-18-41(33-40)39-23-28-46(29-24-39)56-51-22-11-10-21-47(51)48-30-25-44(36-54(48)56)43-27-32-53-50(35-43)49-34-42(38-15-6-2-7-16-38)26-31-52(49)55(53)45-19-8-3-9-20-45/h1-36H. The molecule has 0 unspecified atom stereocenters. The lowest BCUT2D eigenvalue weighted by molar-refractivity contribution is 1.18. The monoisotopic (exact) mass is 712 g/mol. The van der Waals surface area contributed by atoms with Gasteiger partial charge in [0.15, 0.2) is 0 Å². The van der Waals surface area contributed by atoms with Crippen molar-refractivity contribution in [1.29, 1.82) is 0 Å². The van der Waals surface area contributed by atoms with E-state index in [4.69, 9.17) is 0 Å². The van der Waals surface area contributed by atoms with Crippen molar-refractivity contribution in [3.63, 3.8) is 0 Å². The van der Waals surface area contributed by atoms with Crippen LogP contribution >= 0.6 is 0 Å². The van der Waals surface area contributed by atoms with Crippen LogP contribution in [0.2, 0.25) is 0 Å². The first-order valence-corrected chi connectivity index (χ1v) is 19.3. The molecule has 0 fully saturated rings. The maximum atomic E-state index is 2.42. The largest absolute Gasteiger partial charge is 0.309 e. The molecule has 0 radical (unpaired) electrons. The van der Waals surface area contributed by atoms with E-state index >= 15 is 0 Å². The molecule has 0 aliphatic carbocycles. The molecule has 0 saturated carbocycles. The highest BCUT2D eigenvalue weighted by Gasteiger charge is 2.17. The van der Waals surface area contributed by atoms with Crippen molar-refractivity contribution in [2.75, 3.05) is 0 Å². The smallest absolute Gasteiger partial charge is 0.0547 e. The summed E-state index contributed by atoms with van der Waals surface area (Å²) in [6.07, 6.45) is 0. The van der Waals surface area contributed by atoms with E-state index in [1.54, 1.807) is 0 Å². The number of nitrogens with zero attached hydrogens (tertiary/aromatic N) is 2. The molecule has 2 heteroatoms. The van der Waals surface area contributed by atoms with Gasteiger partial charge in [-0.2, -0.15) is 0 Å². The van der Waals surface area contributed by atoms with Crippen LogP contribution in [0.15, 0.2) is 218 Å². The van der Waals surface area contributed by atoms with Crippen molar-refractivity contribution in [3.05, 3.63) is 218 Å². The molecule has 2 heterocycles. The zero-order valence-corrected chi connectivity index (χ0v) is 30.7. The third kappa shape index (κ3) is 5.34. The van der Waals surface area contributed by atoms with Gasteiger partial charge in [0.25, 0.3) is 0 Å². The summed E-state index contributed by atoms with van der Waals surface area (Å²) >= 11 is 0. The normalized spacial score (nSPS) is 11.6. The first-order valence-electron chi connectivity index (χ1n) is 19.3. The summed E-state index contributed by atoms with van der Waals surface area (Å²) < 4.78 is 4.82. The van der Waals surface area contributed by atoms with E-state index in [0.717, 1.165) is 11.4 Å². The number of benzene rings is 9. The van der Waals surface area contributed by atoms with Crippen LogP contribution < -0.4 is 0 Å². The number of fused-ring (bicyclic) bond motifs is 6. The molecular formula is C54H36N2.